The van der Waals surface area contributed by atoms with Gasteiger partial charge >= 0.3 is 0 Å². The average molecular weight is 330 g/mol. The Balaban J connectivity index is 2.58. The molecule has 1 N–H and O–H groups in total. The second-order valence-corrected chi connectivity index (χ2v) is 5.47. The lowest BCUT2D eigenvalue weighted by atomic mass is 9.88. The summed E-state index contributed by atoms with van der Waals surface area (Å²) in [6, 6.07) is 11.4. The van der Waals surface area contributed by atoms with Crippen molar-refractivity contribution in [1.82, 2.24) is 0 Å². The highest BCUT2D eigenvalue weighted by Crippen LogP contribution is 2.35. The zero-order valence-electron chi connectivity index (χ0n) is 9.62. The third-order valence-electron chi connectivity index (χ3n) is 2.85. The molecule has 0 aromatic heterocycles. The van der Waals surface area contributed by atoms with Crippen LogP contribution in [0, 0.1) is 5.82 Å². The van der Waals surface area contributed by atoms with Crippen molar-refractivity contribution in [1.29, 1.82) is 0 Å². The third-order valence-corrected chi connectivity index (χ3v) is 3.78. The number of benzene rings is 2. The van der Waals surface area contributed by atoms with Crippen LogP contribution in [0.1, 0.15) is 18.1 Å². The molecule has 0 heterocycles. The van der Waals surface area contributed by atoms with E-state index in [0.29, 0.717) is 10.6 Å². The molecule has 0 aliphatic rings. The van der Waals surface area contributed by atoms with Gasteiger partial charge in [0.1, 0.15) is 11.4 Å². The molecule has 0 aliphatic heterocycles. The molecule has 0 saturated carbocycles. The van der Waals surface area contributed by atoms with Crippen LogP contribution in [0.15, 0.2) is 46.9 Å². The van der Waals surface area contributed by atoms with Crippen molar-refractivity contribution in [2.75, 3.05) is 0 Å². The van der Waals surface area contributed by atoms with Crippen molar-refractivity contribution in [2.45, 2.75) is 12.5 Å². The van der Waals surface area contributed by atoms with Crippen LogP contribution >= 0.6 is 27.5 Å². The van der Waals surface area contributed by atoms with Gasteiger partial charge in [-0.2, -0.15) is 0 Å². The number of aliphatic hydroxyl groups is 1. The van der Waals surface area contributed by atoms with Gasteiger partial charge in [-0.3, -0.25) is 0 Å². The third kappa shape index (κ3) is 2.44. The maximum Gasteiger partial charge on any atom is 0.131 e. The normalized spacial score (nSPS) is 14.3. The summed E-state index contributed by atoms with van der Waals surface area (Å²) in [5.41, 5.74) is -0.626. The van der Waals surface area contributed by atoms with E-state index < -0.39 is 11.4 Å². The molecule has 0 aliphatic carbocycles. The molecule has 2 rings (SSSR count). The summed E-state index contributed by atoms with van der Waals surface area (Å²) in [7, 11) is 0. The van der Waals surface area contributed by atoms with Crippen LogP contribution in [-0.2, 0) is 5.60 Å². The van der Waals surface area contributed by atoms with E-state index in [1.807, 2.05) is 6.07 Å². The smallest absolute Gasteiger partial charge is 0.131 e. The Kier molecular flexibility index (Phi) is 3.76. The maximum absolute atomic E-state index is 13.9. The SMILES string of the molecule is CC(O)(c1ccc(Cl)cc1F)c1ccccc1Br. The zero-order valence-corrected chi connectivity index (χ0v) is 12.0. The van der Waals surface area contributed by atoms with Gasteiger partial charge in [0.15, 0.2) is 0 Å². The van der Waals surface area contributed by atoms with Gasteiger partial charge in [0.25, 0.3) is 0 Å². The molecule has 4 heteroatoms. The Labute approximate surface area is 118 Å². The first-order valence-corrected chi connectivity index (χ1v) is 6.53. The van der Waals surface area contributed by atoms with E-state index in [4.69, 9.17) is 11.6 Å². The highest BCUT2D eigenvalue weighted by atomic mass is 79.9. The predicted octanol–water partition coefficient (Wildman–Crippen LogP) is 4.50. The van der Waals surface area contributed by atoms with Crippen LogP contribution < -0.4 is 0 Å². The van der Waals surface area contributed by atoms with E-state index >= 15 is 0 Å². The summed E-state index contributed by atoms with van der Waals surface area (Å²) < 4.78 is 14.6. The average Bonchev–Trinajstić information content (AvgIpc) is 2.28. The fourth-order valence-corrected chi connectivity index (χ4v) is 2.71. The van der Waals surface area contributed by atoms with Crippen molar-refractivity contribution in [2.24, 2.45) is 0 Å². The minimum absolute atomic E-state index is 0.193. The molecule has 0 fully saturated rings. The quantitative estimate of drug-likeness (QED) is 0.860. The van der Waals surface area contributed by atoms with Gasteiger partial charge < -0.3 is 5.11 Å². The van der Waals surface area contributed by atoms with E-state index in [2.05, 4.69) is 15.9 Å². The number of rotatable bonds is 2. The summed E-state index contributed by atoms with van der Waals surface area (Å²) in [6.45, 7) is 1.55. The fraction of sp³-hybridized carbons (Fsp3) is 0.143. The van der Waals surface area contributed by atoms with Crippen LogP contribution in [0.5, 0.6) is 0 Å². The van der Waals surface area contributed by atoms with Crippen molar-refractivity contribution >= 4 is 27.5 Å². The fourth-order valence-electron chi connectivity index (χ4n) is 1.89. The molecule has 0 radical (unpaired) electrons. The summed E-state index contributed by atoms with van der Waals surface area (Å²) in [5.74, 6) is -0.525. The van der Waals surface area contributed by atoms with E-state index in [-0.39, 0.29) is 5.56 Å². The molecular formula is C14H11BrClFO. The minimum atomic E-state index is -1.42. The molecule has 2 aromatic rings. The van der Waals surface area contributed by atoms with Crippen molar-refractivity contribution in [3.8, 4) is 0 Å². The molecule has 0 bridgehead atoms. The lowest BCUT2D eigenvalue weighted by molar-refractivity contribution is 0.0972. The molecule has 94 valence electrons. The summed E-state index contributed by atoms with van der Waals surface area (Å²) >= 11 is 9.07. The minimum Gasteiger partial charge on any atom is -0.381 e. The van der Waals surface area contributed by atoms with E-state index in [1.54, 1.807) is 31.2 Å². The largest absolute Gasteiger partial charge is 0.381 e. The van der Waals surface area contributed by atoms with Gasteiger partial charge in [0.05, 0.1) is 0 Å². The maximum atomic E-state index is 13.9. The first-order valence-electron chi connectivity index (χ1n) is 5.36. The topological polar surface area (TPSA) is 20.2 Å². The van der Waals surface area contributed by atoms with Crippen LogP contribution in [0.2, 0.25) is 5.02 Å². The van der Waals surface area contributed by atoms with Crippen molar-refractivity contribution in [3.05, 3.63) is 68.9 Å². The van der Waals surface area contributed by atoms with Crippen LogP contribution in [0.25, 0.3) is 0 Å². The summed E-state index contributed by atoms with van der Waals surface area (Å²) in [6.07, 6.45) is 0. The van der Waals surface area contributed by atoms with Gasteiger partial charge in [-0.25, -0.2) is 4.39 Å². The first kappa shape index (κ1) is 13.5. The lowest BCUT2D eigenvalue weighted by Gasteiger charge is -2.26. The van der Waals surface area contributed by atoms with E-state index in [9.17, 15) is 9.50 Å². The van der Waals surface area contributed by atoms with Gasteiger partial charge in [-0.1, -0.05) is 51.8 Å². The van der Waals surface area contributed by atoms with Gasteiger partial charge in [-0.05, 0) is 25.1 Å². The Morgan fingerprint density at radius 2 is 1.83 bits per heavy atom. The van der Waals surface area contributed by atoms with Gasteiger partial charge in [-0.15, -0.1) is 0 Å². The summed E-state index contributed by atoms with van der Waals surface area (Å²) in [4.78, 5) is 0. The summed E-state index contributed by atoms with van der Waals surface area (Å²) in [5, 5.41) is 10.9. The van der Waals surface area contributed by atoms with Crippen molar-refractivity contribution < 1.29 is 9.50 Å². The lowest BCUT2D eigenvalue weighted by Crippen LogP contribution is -2.24. The van der Waals surface area contributed by atoms with E-state index in [1.165, 1.54) is 12.1 Å². The highest BCUT2D eigenvalue weighted by Gasteiger charge is 2.30. The Morgan fingerprint density at radius 3 is 2.44 bits per heavy atom. The molecule has 0 spiro atoms. The van der Waals surface area contributed by atoms with Crippen LogP contribution in [0.3, 0.4) is 0 Å². The predicted molar refractivity (Wildman–Crippen MR) is 74.2 cm³/mol. The monoisotopic (exact) mass is 328 g/mol. The van der Waals surface area contributed by atoms with Gasteiger partial charge in [0.2, 0.25) is 0 Å². The second kappa shape index (κ2) is 5.00. The molecular weight excluding hydrogens is 319 g/mol. The van der Waals surface area contributed by atoms with E-state index in [0.717, 1.165) is 4.47 Å². The Morgan fingerprint density at radius 1 is 1.17 bits per heavy atom. The molecule has 18 heavy (non-hydrogen) atoms. The standard InChI is InChI=1S/C14H11BrClFO/c1-14(18,10-4-2-3-5-12(10)15)11-7-6-9(16)8-13(11)17/h2-8,18H,1H3. The van der Waals surface area contributed by atoms with Crippen molar-refractivity contribution in [3.63, 3.8) is 0 Å². The molecule has 2 aromatic carbocycles. The van der Waals surface area contributed by atoms with Gasteiger partial charge in [0, 0.05) is 20.6 Å². The molecule has 1 unspecified atom stereocenters. The zero-order chi connectivity index (χ0) is 13.3. The Bertz CT molecular complexity index is 584. The molecule has 1 nitrogen and oxygen atoms in total. The molecule has 1 atom stereocenters. The number of halogens is 3. The number of hydrogen-bond acceptors (Lipinski definition) is 1. The van der Waals surface area contributed by atoms with Crippen LogP contribution in [0.4, 0.5) is 4.39 Å². The number of hydrogen-bond donors (Lipinski definition) is 1. The molecule has 0 saturated heterocycles. The first-order chi connectivity index (χ1) is 8.43. The van der Waals surface area contributed by atoms with Crippen LogP contribution in [-0.4, -0.2) is 5.11 Å². The molecule has 0 amide bonds. The highest BCUT2D eigenvalue weighted by molar-refractivity contribution is 9.10. The Hall–Kier alpha value is -0.900. The second-order valence-electron chi connectivity index (χ2n) is 4.18.